The molecule has 0 radical (unpaired) electrons. The molecule has 116 valence electrons. The largest absolute Gasteiger partial charge is 0.360 e. The molecule has 1 atom stereocenters. The molecule has 2 N–H and O–H groups in total. The van der Waals surface area contributed by atoms with E-state index in [2.05, 4.69) is 70.7 Å². The number of rotatable bonds is 5. The van der Waals surface area contributed by atoms with Crippen molar-refractivity contribution < 1.29 is 0 Å². The van der Waals surface area contributed by atoms with Gasteiger partial charge in [0.15, 0.2) is 5.11 Å². The molecule has 0 fully saturated rings. The van der Waals surface area contributed by atoms with Crippen molar-refractivity contribution >= 4 is 38.9 Å². The van der Waals surface area contributed by atoms with Crippen LogP contribution in [0.2, 0.25) is 0 Å². The van der Waals surface area contributed by atoms with E-state index in [0.29, 0.717) is 11.2 Å². The van der Waals surface area contributed by atoms with Gasteiger partial charge in [-0.25, -0.2) is 0 Å². The van der Waals surface area contributed by atoms with Gasteiger partial charge in [0.1, 0.15) is 0 Å². The lowest BCUT2D eigenvalue weighted by atomic mass is 10.1. The molecule has 1 unspecified atom stereocenters. The first-order chi connectivity index (χ1) is 10.5. The molecule has 4 heteroatoms. The van der Waals surface area contributed by atoms with Crippen LogP contribution in [0.1, 0.15) is 24.5 Å². The zero-order chi connectivity index (χ0) is 15.9. The van der Waals surface area contributed by atoms with Gasteiger partial charge in [-0.3, -0.25) is 0 Å². The highest BCUT2D eigenvalue weighted by Crippen LogP contribution is 2.19. The van der Waals surface area contributed by atoms with Gasteiger partial charge in [0.05, 0.1) is 0 Å². The quantitative estimate of drug-likeness (QED) is 0.712. The number of benzene rings is 2. The van der Waals surface area contributed by atoms with Crippen molar-refractivity contribution in [3.8, 4) is 0 Å². The van der Waals surface area contributed by atoms with Gasteiger partial charge in [0.25, 0.3) is 0 Å². The van der Waals surface area contributed by atoms with Crippen LogP contribution in [0.3, 0.4) is 0 Å². The van der Waals surface area contributed by atoms with Gasteiger partial charge < -0.3 is 10.6 Å². The molecule has 0 spiro atoms. The summed E-state index contributed by atoms with van der Waals surface area (Å²) in [7, 11) is 0. The topological polar surface area (TPSA) is 24.1 Å². The highest BCUT2D eigenvalue weighted by atomic mass is 79.9. The van der Waals surface area contributed by atoms with Crippen LogP contribution in [0.25, 0.3) is 0 Å². The van der Waals surface area contributed by atoms with Crippen molar-refractivity contribution in [2.75, 3.05) is 5.32 Å². The number of hydrogen-bond donors (Lipinski definition) is 2. The minimum Gasteiger partial charge on any atom is -0.360 e. The smallest absolute Gasteiger partial charge is 0.170 e. The normalized spacial score (nSPS) is 11.8. The van der Waals surface area contributed by atoms with Crippen LogP contribution in [-0.2, 0) is 6.42 Å². The van der Waals surface area contributed by atoms with E-state index in [4.69, 9.17) is 12.2 Å². The minimum atomic E-state index is 0.330. The molecule has 0 aliphatic rings. The van der Waals surface area contributed by atoms with Gasteiger partial charge in [-0.1, -0.05) is 46.3 Å². The molecule has 0 aliphatic carbocycles. The van der Waals surface area contributed by atoms with Gasteiger partial charge >= 0.3 is 0 Å². The minimum absolute atomic E-state index is 0.330. The van der Waals surface area contributed by atoms with E-state index >= 15 is 0 Å². The Morgan fingerprint density at radius 3 is 2.59 bits per heavy atom. The summed E-state index contributed by atoms with van der Waals surface area (Å²) in [5.41, 5.74) is 3.55. The first kappa shape index (κ1) is 17.0. The van der Waals surface area contributed by atoms with Crippen molar-refractivity contribution in [2.45, 2.75) is 32.7 Å². The maximum Gasteiger partial charge on any atom is 0.170 e. The van der Waals surface area contributed by atoms with Crippen molar-refractivity contribution in [1.82, 2.24) is 5.32 Å². The molecule has 0 aromatic heterocycles. The Hall–Kier alpha value is -1.39. The Labute approximate surface area is 146 Å². The van der Waals surface area contributed by atoms with Crippen molar-refractivity contribution in [1.29, 1.82) is 0 Å². The summed E-state index contributed by atoms with van der Waals surface area (Å²) in [6, 6.07) is 17.0. The highest BCUT2D eigenvalue weighted by molar-refractivity contribution is 9.10. The second-order valence-electron chi connectivity index (χ2n) is 5.49. The van der Waals surface area contributed by atoms with E-state index in [9.17, 15) is 0 Å². The summed E-state index contributed by atoms with van der Waals surface area (Å²) in [5, 5.41) is 7.25. The van der Waals surface area contributed by atoms with Crippen LogP contribution in [0.4, 0.5) is 5.69 Å². The summed E-state index contributed by atoms with van der Waals surface area (Å²) in [4.78, 5) is 0. The van der Waals surface area contributed by atoms with Gasteiger partial charge in [-0.05, 0) is 68.2 Å². The Kier molecular flexibility index (Phi) is 6.40. The van der Waals surface area contributed by atoms with Crippen molar-refractivity contribution in [3.63, 3.8) is 0 Å². The average molecular weight is 377 g/mol. The molecule has 2 nitrogen and oxygen atoms in total. The molecule has 0 saturated heterocycles. The molecule has 0 saturated carbocycles. The van der Waals surface area contributed by atoms with E-state index in [1.165, 1.54) is 11.1 Å². The van der Waals surface area contributed by atoms with Crippen LogP contribution >= 0.6 is 28.1 Å². The van der Waals surface area contributed by atoms with Crippen molar-refractivity contribution in [2.24, 2.45) is 0 Å². The summed E-state index contributed by atoms with van der Waals surface area (Å²) < 4.78 is 1.10. The third-order valence-electron chi connectivity index (χ3n) is 3.50. The highest BCUT2D eigenvalue weighted by Gasteiger charge is 2.05. The molecule has 0 bridgehead atoms. The lowest BCUT2D eigenvalue weighted by molar-refractivity contribution is 0.609. The molecule has 2 rings (SSSR count). The summed E-state index contributed by atoms with van der Waals surface area (Å²) in [6.07, 6.45) is 2.10. The van der Waals surface area contributed by atoms with Crippen molar-refractivity contribution in [3.05, 3.63) is 64.1 Å². The predicted octanol–water partition coefficient (Wildman–Crippen LogP) is 5.07. The fourth-order valence-corrected chi connectivity index (χ4v) is 2.78. The second-order valence-corrected chi connectivity index (χ2v) is 6.75. The fraction of sp³-hybridized carbons (Fsp3) is 0.278. The van der Waals surface area contributed by atoms with Gasteiger partial charge in [0, 0.05) is 16.2 Å². The average Bonchev–Trinajstić information content (AvgIpc) is 2.50. The number of nitrogens with one attached hydrogen (secondary N) is 2. The third-order valence-corrected chi connectivity index (χ3v) is 4.61. The Morgan fingerprint density at radius 1 is 1.18 bits per heavy atom. The first-order valence-corrected chi connectivity index (χ1v) is 8.62. The van der Waals surface area contributed by atoms with Crippen LogP contribution in [-0.4, -0.2) is 11.2 Å². The summed E-state index contributed by atoms with van der Waals surface area (Å²) in [6.45, 7) is 4.22. The monoisotopic (exact) mass is 376 g/mol. The van der Waals surface area contributed by atoms with E-state index < -0.39 is 0 Å². The zero-order valence-corrected chi connectivity index (χ0v) is 15.3. The maximum absolute atomic E-state index is 5.39. The number of anilines is 1. The Morgan fingerprint density at radius 2 is 1.91 bits per heavy atom. The zero-order valence-electron chi connectivity index (χ0n) is 12.9. The molecule has 22 heavy (non-hydrogen) atoms. The Balaban J connectivity index is 1.79. The van der Waals surface area contributed by atoms with E-state index in [0.717, 1.165) is 23.0 Å². The second kappa shape index (κ2) is 8.30. The van der Waals surface area contributed by atoms with Gasteiger partial charge in [-0.2, -0.15) is 0 Å². The molecule has 2 aromatic rings. The lowest BCUT2D eigenvalue weighted by Gasteiger charge is -2.17. The van der Waals surface area contributed by atoms with Crippen LogP contribution < -0.4 is 10.6 Å². The molecular weight excluding hydrogens is 356 g/mol. The number of halogens is 1. The molecular formula is C18H21BrN2S. The third kappa shape index (κ3) is 5.43. The molecule has 0 amide bonds. The van der Waals surface area contributed by atoms with Crippen LogP contribution in [0.5, 0.6) is 0 Å². The van der Waals surface area contributed by atoms with E-state index in [1.807, 2.05) is 18.2 Å². The SMILES string of the molecule is Cc1cc(NC(=S)NC(C)CCc2ccccc2)ccc1Br. The summed E-state index contributed by atoms with van der Waals surface area (Å²) >= 11 is 8.89. The Bertz CT molecular complexity index is 628. The number of aryl methyl sites for hydroxylation is 2. The standard InChI is InChI=1S/C18H21BrN2S/c1-13-12-16(10-11-17(13)19)21-18(22)20-14(2)8-9-15-6-4-3-5-7-15/h3-7,10-12,14H,8-9H2,1-2H3,(H2,20,21,22). The first-order valence-electron chi connectivity index (χ1n) is 7.42. The molecule has 0 heterocycles. The maximum atomic E-state index is 5.39. The van der Waals surface area contributed by atoms with Gasteiger partial charge in [0.2, 0.25) is 0 Å². The summed E-state index contributed by atoms with van der Waals surface area (Å²) in [5.74, 6) is 0. The fourth-order valence-electron chi connectivity index (χ4n) is 2.21. The van der Waals surface area contributed by atoms with Crippen LogP contribution in [0.15, 0.2) is 53.0 Å². The molecule has 2 aromatic carbocycles. The van der Waals surface area contributed by atoms with Crippen LogP contribution in [0, 0.1) is 6.92 Å². The predicted molar refractivity (Wildman–Crippen MR) is 102 cm³/mol. The lowest BCUT2D eigenvalue weighted by Crippen LogP contribution is -2.36. The number of hydrogen-bond acceptors (Lipinski definition) is 1. The number of thiocarbonyl (C=S) groups is 1. The van der Waals surface area contributed by atoms with E-state index in [-0.39, 0.29) is 0 Å². The van der Waals surface area contributed by atoms with Gasteiger partial charge in [-0.15, -0.1) is 0 Å². The molecule has 0 aliphatic heterocycles. The van der Waals surface area contributed by atoms with E-state index in [1.54, 1.807) is 0 Å².